The third-order valence-electron chi connectivity index (χ3n) is 4.77. The molecule has 0 saturated carbocycles. The van der Waals surface area contributed by atoms with Crippen molar-refractivity contribution in [3.8, 4) is 5.75 Å². The Kier molecular flexibility index (Phi) is 4.26. The van der Waals surface area contributed by atoms with E-state index in [-0.39, 0.29) is 12.0 Å². The molecule has 128 valence electrons. The number of hydrogen-bond donors (Lipinski definition) is 0. The summed E-state index contributed by atoms with van der Waals surface area (Å²) in [6, 6.07) is 14.8. The molecule has 1 fully saturated rings. The Balaban J connectivity index is 1.44. The summed E-state index contributed by atoms with van der Waals surface area (Å²) >= 11 is 0. The summed E-state index contributed by atoms with van der Waals surface area (Å²) in [5.41, 5.74) is 2.67. The minimum Gasteiger partial charge on any atom is -0.470 e. The Labute approximate surface area is 146 Å². The Hall–Kier alpha value is -2.62. The van der Waals surface area contributed by atoms with Gasteiger partial charge >= 0.3 is 0 Å². The fraction of sp³-hybridized carbons (Fsp3) is 0.300. The molecule has 0 bridgehead atoms. The van der Waals surface area contributed by atoms with Crippen LogP contribution in [0.3, 0.4) is 0 Å². The highest BCUT2D eigenvalue weighted by molar-refractivity contribution is 5.53. The molecule has 4 rings (SSSR count). The van der Waals surface area contributed by atoms with Crippen molar-refractivity contribution >= 4 is 5.94 Å². The van der Waals surface area contributed by atoms with Gasteiger partial charge < -0.3 is 9.64 Å². The minimum atomic E-state index is -0.262. The maximum Gasteiger partial charge on any atom is 0.176 e. The molecule has 0 aliphatic carbocycles. The van der Waals surface area contributed by atoms with E-state index in [2.05, 4.69) is 23.0 Å². The van der Waals surface area contributed by atoms with Crippen LogP contribution in [0.2, 0.25) is 0 Å². The van der Waals surface area contributed by atoms with E-state index in [0.29, 0.717) is 31.0 Å². The predicted octanol–water partition coefficient (Wildman–Crippen LogP) is 2.62. The van der Waals surface area contributed by atoms with Crippen LogP contribution in [0.1, 0.15) is 11.1 Å². The topological polar surface area (TPSA) is 32.8 Å². The van der Waals surface area contributed by atoms with Crippen molar-refractivity contribution in [1.29, 1.82) is 0 Å². The van der Waals surface area contributed by atoms with Crippen LogP contribution in [0.15, 0.2) is 54.2 Å². The number of carbonyl (C=O) groups excluding carboxylic acids is 1. The molecule has 5 heteroatoms. The van der Waals surface area contributed by atoms with Crippen LogP contribution >= 0.6 is 0 Å². The first-order chi connectivity index (χ1) is 12.2. The number of fused-ring (bicyclic) bond motifs is 1. The van der Waals surface area contributed by atoms with Gasteiger partial charge in [0, 0.05) is 38.2 Å². The second-order valence-electron chi connectivity index (χ2n) is 6.47. The van der Waals surface area contributed by atoms with Crippen LogP contribution in [0.25, 0.3) is 0 Å². The van der Waals surface area contributed by atoms with Crippen LogP contribution in [-0.2, 0) is 17.8 Å². The minimum absolute atomic E-state index is 0.257. The molecule has 1 saturated heterocycles. The molecule has 2 heterocycles. The number of hydrogen-bond acceptors (Lipinski definition) is 4. The SMILES string of the molecule is O=C=C1CN(Cc2ccccc2)CCN1C1Cc2cc(F)ccc2O1. The van der Waals surface area contributed by atoms with E-state index in [1.54, 1.807) is 6.07 Å². The number of rotatable bonds is 3. The lowest BCUT2D eigenvalue weighted by Gasteiger charge is -2.39. The number of halogens is 1. The molecule has 0 aromatic heterocycles. The third-order valence-corrected chi connectivity index (χ3v) is 4.77. The summed E-state index contributed by atoms with van der Waals surface area (Å²) in [6.45, 7) is 2.88. The highest BCUT2D eigenvalue weighted by atomic mass is 19.1. The number of nitrogens with zero attached hydrogens (tertiary/aromatic N) is 2. The van der Waals surface area contributed by atoms with Crippen molar-refractivity contribution < 1.29 is 13.9 Å². The fourth-order valence-corrected chi connectivity index (χ4v) is 3.52. The number of piperazine rings is 1. The molecule has 0 N–H and O–H groups in total. The van der Waals surface area contributed by atoms with Crippen molar-refractivity contribution in [2.24, 2.45) is 0 Å². The van der Waals surface area contributed by atoms with Gasteiger partial charge in [-0.05, 0) is 23.8 Å². The molecule has 4 nitrogen and oxygen atoms in total. The summed E-state index contributed by atoms with van der Waals surface area (Å²) in [6.07, 6.45) is 0.323. The van der Waals surface area contributed by atoms with Crippen LogP contribution in [0.5, 0.6) is 5.75 Å². The van der Waals surface area contributed by atoms with Gasteiger partial charge in [-0.2, -0.15) is 0 Å². The second kappa shape index (κ2) is 6.71. The molecule has 2 aliphatic heterocycles. The molecule has 1 atom stereocenters. The molecule has 0 spiro atoms. The molecule has 25 heavy (non-hydrogen) atoms. The lowest BCUT2D eigenvalue weighted by molar-refractivity contribution is 0.0365. The zero-order valence-electron chi connectivity index (χ0n) is 13.8. The molecule has 2 aliphatic rings. The molecular weight excluding hydrogens is 319 g/mol. The monoisotopic (exact) mass is 338 g/mol. The number of benzene rings is 2. The van der Waals surface area contributed by atoms with Gasteiger partial charge in [0.25, 0.3) is 0 Å². The molecule has 2 aromatic carbocycles. The third kappa shape index (κ3) is 3.29. The zero-order chi connectivity index (χ0) is 17.2. The van der Waals surface area contributed by atoms with Crippen molar-refractivity contribution in [3.63, 3.8) is 0 Å². The quantitative estimate of drug-likeness (QED) is 0.806. The van der Waals surface area contributed by atoms with Gasteiger partial charge in [0.1, 0.15) is 23.2 Å². The second-order valence-corrected chi connectivity index (χ2v) is 6.47. The Bertz CT molecular complexity index is 818. The van der Waals surface area contributed by atoms with Gasteiger partial charge in [-0.25, -0.2) is 9.18 Å². The molecule has 2 aromatic rings. The van der Waals surface area contributed by atoms with Gasteiger partial charge in [-0.1, -0.05) is 30.3 Å². The molecule has 0 amide bonds. The van der Waals surface area contributed by atoms with E-state index >= 15 is 0 Å². The normalized spacial score (nSPS) is 20.1. The van der Waals surface area contributed by atoms with Crippen LogP contribution in [-0.4, -0.2) is 41.6 Å². The Morgan fingerprint density at radius 3 is 2.80 bits per heavy atom. The van der Waals surface area contributed by atoms with Crippen LogP contribution in [0.4, 0.5) is 4.39 Å². The van der Waals surface area contributed by atoms with E-state index in [1.807, 2.05) is 23.1 Å². The summed E-state index contributed by atoms with van der Waals surface area (Å²) in [4.78, 5) is 15.7. The highest BCUT2D eigenvalue weighted by Crippen LogP contribution is 2.32. The summed E-state index contributed by atoms with van der Waals surface area (Å²) in [5.74, 6) is 2.52. The lowest BCUT2D eigenvalue weighted by Crippen LogP contribution is -2.50. The molecule has 0 radical (unpaired) electrons. The maximum atomic E-state index is 13.4. The maximum absolute atomic E-state index is 13.4. The van der Waals surface area contributed by atoms with Crippen LogP contribution < -0.4 is 4.74 Å². The van der Waals surface area contributed by atoms with Crippen molar-refractivity contribution in [1.82, 2.24) is 9.80 Å². The van der Waals surface area contributed by atoms with Crippen molar-refractivity contribution in [3.05, 3.63) is 71.2 Å². The summed E-state index contributed by atoms with van der Waals surface area (Å²) < 4.78 is 19.3. The largest absolute Gasteiger partial charge is 0.470 e. The van der Waals surface area contributed by atoms with Gasteiger partial charge in [-0.3, -0.25) is 4.90 Å². The average Bonchev–Trinajstić information content (AvgIpc) is 3.05. The summed E-state index contributed by atoms with van der Waals surface area (Å²) in [7, 11) is 0. The number of ether oxygens (including phenoxy) is 1. The van der Waals surface area contributed by atoms with Gasteiger partial charge in [0.2, 0.25) is 0 Å². The van der Waals surface area contributed by atoms with Gasteiger partial charge in [0.05, 0.1) is 0 Å². The van der Waals surface area contributed by atoms with Crippen molar-refractivity contribution in [2.45, 2.75) is 19.2 Å². The first-order valence-electron chi connectivity index (χ1n) is 8.45. The van der Waals surface area contributed by atoms with Crippen molar-refractivity contribution in [2.75, 3.05) is 19.6 Å². The van der Waals surface area contributed by atoms with E-state index in [9.17, 15) is 9.18 Å². The van der Waals surface area contributed by atoms with Crippen LogP contribution in [0, 0.1) is 5.82 Å². The van der Waals surface area contributed by atoms with Gasteiger partial charge in [-0.15, -0.1) is 0 Å². The van der Waals surface area contributed by atoms with E-state index < -0.39 is 0 Å². The van der Waals surface area contributed by atoms with E-state index in [4.69, 9.17) is 4.74 Å². The average molecular weight is 338 g/mol. The highest BCUT2D eigenvalue weighted by Gasteiger charge is 2.33. The smallest absolute Gasteiger partial charge is 0.176 e. The van der Waals surface area contributed by atoms with E-state index in [0.717, 1.165) is 18.7 Å². The first kappa shape index (κ1) is 15.9. The molecular formula is C20H19FN2O2. The van der Waals surface area contributed by atoms with Gasteiger partial charge in [0.15, 0.2) is 6.23 Å². The first-order valence-corrected chi connectivity index (χ1v) is 8.45. The standard InChI is InChI=1S/C20H19FN2O2/c21-17-6-7-19-16(10-17)11-20(25-19)23-9-8-22(13-18(23)14-24)12-15-4-2-1-3-5-15/h1-7,10,20H,8-9,11-13H2. The fourth-order valence-electron chi connectivity index (χ4n) is 3.52. The lowest BCUT2D eigenvalue weighted by atomic mass is 10.1. The zero-order valence-corrected chi connectivity index (χ0v) is 13.8. The predicted molar refractivity (Wildman–Crippen MR) is 92.2 cm³/mol. The Morgan fingerprint density at radius 2 is 2.00 bits per heavy atom. The molecule has 1 unspecified atom stereocenters. The summed E-state index contributed by atoms with van der Waals surface area (Å²) in [5, 5.41) is 0. The van der Waals surface area contributed by atoms with E-state index in [1.165, 1.54) is 17.7 Å². The Morgan fingerprint density at radius 1 is 1.16 bits per heavy atom.